The Morgan fingerprint density at radius 2 is 1.72 bits per heavy atom. The third-order valence-corrected chi connectivity index (χ3v) is 8.35. The second-order valence-corrected chi connectivity index (χ2v) is 11.0. The summed E-state index contributed by atoms with van der Waals surface area (Å²) in [6, 6.07) is 20.1. The number of Topliss-reactive ketones (excluding diaryl/α,β-unsaturated/α-hetero) is 1. The molecule has 1 aromatic heterocycles. The minimum Gasteiger partial charge on any atom is -0.497 e. The number of allylic oxidation sites excluding steroid dienone is 1. The summed E-state index contributed by atoms with van der Waals surface area (Å²) in [5, 5.41) is 0.994. The summed E-state index contributed by atoms with van der Waals surface area (Å²) in [6.45, 7) is 8.12. The van der Waals surface area contributed by atoms with Crippen molar-refractivity contribution < 1.29 is 23.8 Å². The van der Waals surface area contributed by atoms with Gasteiger partial charge in [0.15, 0.2) is 5.76 Å². The number of anilines is 1. The highest BCUT2D eigenvalue weighted by atomic mass is 16.6. The van der Waals surface area contributed by atoms with Gasteiger partial charge in [-0.15, -0.1) is 0 Å². The first-order valence-electron chi connectivity index (χ1n) is 14.5. The van der Waals surface area contributed by atoms with Gasteiger partial charge < -0.3 is 23.7 Å². The Balaban J connectivity index is 1.25. The highest BCUT2D eigenvalue weighted by Crippen LogP contribution is 2.37. The van der Waals surface area contributed by atoms with Gasteiger partial charge in [-0.1, -0.05) is 18.2 Å². The molecule has 3 heterocycles. The van der Waals surface area contributed by atoms with E-state index in [4.69, 9.17) is 14.2 Å². The molecule has 0 saturated carbocycles. The molecular formula is C34H36N4O5. The number of likely N-dealkylation sites (N-methyl/N-ethyl adjacent to an activating group) is 1. The first-order valence-corrected chi connectivity index (χ1v) is 14.5. The molecule has 9 heteroatoms. The summed E-state index contributed by atoms with van der Waals surface area (Å²) in [4.78, 5) is 32.4. The van der Waals surface area contributed by atoms with Crippen molar-refractivity contribution in [1.82, 2.24) is 14.4 Å². The number of hydrogen-bond donors (Lipinski definition) is 0. The second-order valence-electron chi connectivity index (χ2n) is 11.0. The number of benzene rings is 3. The van der Waals surface area contributed by atoms with Crippen LogP contribution in [0.25, 0.3) is 17.0 Å². The Kier molecular flexibility index (Phi) is 7.92. The number of hydrogen-bond acceptors (Lipinski definition) is 7. The molecule has 1 amide bonds. The van der Waals surface area contributed by atoms with Crippen LogP contribution < -0.4 is 19.1 Å². The molecule has 0 radical (unpaired) electrons. The average Bonchev–Trinajstić information content (AvgIpc) is 3.48. The summed E-state index contributed by atoms with van der Waals surface area (Å²) < 4.78 is 19.5. The number of ether oxygens (including phenoxy) is 3. The molecule has 2 aliphatic rings. The van der Waals surface area contributed by atoms with Crippen LogP contribution in [0.4, 0.5) is 10.5 Å². The van der Waals surface area contributed by atoms with Gasteiger partial charge in [0.1, 0.15) is 17.2 Å². The zero-order chi connectivity index (χ0) is 30.1. The third-order valence-electron chi connectivity index (χ3n) is 8.35. The van der Waals surface area contributed by atoms with Crippen molar-refractivity contribution >= 4 is 34.5 Å². The summed E-state index contributed by atoms with van der Waals surface area (Å²) >= 11 is 0. The van der Waals surface area contributed by atoms with Gasteiger partial charge in [0.2, 0.25) is 5.78 Å². The number of para-hydroxylation sites is 1. The fraction of sp³-hybridized carbons (Fsp3) is 0.294. The SMILES string of the molecule is COc1ccc2c(c1)c(/C=C1\Oc3cc(OC(=O)N(C)c4ccccc4)ccc3C1=O)c(C)n2CCN1CCN(C)CC1. The highest BCUT2D eigenvalue weighted by Gasteiger charge is 2.29. The Labute approximate surface area is 251 Å². The topological polar surface area (TPSA) is 76.5 Å². The van der Waals surface area contributed by atoms with Crippen molar-refractivity contribution in [2.75, 3.05) is 58.8 Å². The van der Waals surface area contributed by atoms with Crippen LogP contribution in [-0.4, -0.2) is 80.2 Å². The van der Waals surface area contributed by atoms with E-state index in [0.29, 0.717) is 22.7 Å². The lowest BCUT2D eigenvalue weighted by Gasteiger charge is -2.32. The fourth-order valence-electron chi connectivity index (χ4n) is 5.69. The van der Waals surface area contributed by atoms with Gasteiger partial charge in [0, 0.05) is 80.2 Å². The van der Waals surface area contributed by atoms with Gasteiger partial charge in [0.05, 0.1) is 12.7 Å². The number of piperazine rings is 1. The first kappa shape index (κ1) is 28.5. The number of ketones is 1. The van der Waals surface area contributed by atoms with Gasteiger partial charge >= 0.3 is 6.09 Å². The summed E-state index contributed by atoms with van der Waals surface area (Å²) in [5.74, 6) is 1.41. The molecule has 0 unspecified atom stereocenters. The molecular weight excluding hydrogens is 544 g/mol. The molecule has 0 atom stereocenters. The Morgan fingerprint density at radius 1 is 0.977 bits per heavy atom. The molecule has 0 N–H and O–H groups in total. The third kappa shape index (κ3) is 5.74. The molecule has 1 fully saturated rings. The van der Waals surface area contributed by atoms with E-state index in [1.807, 2.05) is 48.5 Å². The van der Waals surface area contributed by atoms with Crippen molar-refractivity contribution in [3.63, 3.8) is 0 Å². The number of fused-ring (bicyclic) bond motifs is 2. The molecule has 0 bridgehead atoms. The van der Waals surface area contributed by atoms with E-state index >= 15 is 0 Å². The lowest BCUT2D eigenvalue weighted by Crippen LogP contribution is -2.45. The number of carbonyl (C=O) groups excluding carboxylic acids is 2. The van der Waals surface area contributed by atoms with Crippen LogP contribution in [0, 0.1) is 6.92 Å². The second kappa shape index (κ2) is 11.9. The average molecular weight is 581 g/mol. The van der Waals surface area contributed by atoms with Crippen LogP contribution in [-0.2, 0) is 6.54 Å². The Hall–Kier alpha value is -4.60. The van der Waals surface area contributed by atoms with Crippen LogP contribution in [0.1, 0.15) is 21.6 Å². The van der Waals surface area contributed by atoms with E-state index in [1.54, 1.807) is 32.4 Å². The van der Waals surface area contributed by atoms with Crippen LogP contribution >= 0.6 is 0 Å². The van der Waals surface area contributed by atoms with Crippen molar-refractivity contribution in [2.45, 2.75) is 13.5 Å². The van der Waals surface area contributed by atoms with Crippen LogP contribution in [0.15, 0.2) is 72.5 Å². The van der Waals surface area contributed by atoms with Crippen molar-refractivity contribution in [1.29, 1.82) is 0 Å². The van der Waals surface area contributed by atoms with E-state index < -0.39 is 6.09 Å². The predicted molar refractivity (Wildman–Crippen MR) is 167 cm³/mol. The molecule has 1 saturated heterocycles. The standard InChI is InChI=1S/C34H36N4O5/c1-23-28(29-20-25(41-4)11-13-30(29)38(23)19-18-37-16-14-35(2)15-17-37)22-32-33(39)27-12-10-26(21-31(27)43-32)42-34(40)36(3)24-8-6-5-7-9-24/h5-13,20-22H,14-19H2,1-4H3/b32-22-. The molecule has 4 aromatic rings. The number of methoxy groups -OCH3 is 1. The molecule has 222 valence electrons. The molecule has 6 rings (SSSR count). The smallest absolute Gasteiger partial charge is 0.419 e. The molecule has 0 aliphatic carbocycles. The molecule has 0 spiro atoms. The van der Waals surface area contributed by atoms with E-state index in [-0.39, 0.29) is 11.5 Å². The van der Waals surface area contributed by atoms with Gasteiger partial charge in [-0.2, -0.15) is 0 Å². The maximum absolute atomic E-state index is 13.4. The van der Waals surface area contributed by atoms with Gasteiger partial charge in [-0.3, -0.25) is 14.6 Å². The van der Waals surface area contributed by atoms with E-state index in [2.05, 4.69) is 34.4 Å². The van der Waals surface area contributed by atoms with Gasteiger partial charge in [-0.25, -0.2) is 4.79 Å². The minimum absolute atomic E-state index is 0.213. The lowest BCUT2D eigenvalue weighted by molar-refractivity contribution is 0.101. The molecule has 2 aliphatic heterocycles. The summed E-state index contributed by atoms with van der Waals surface area (Å²) in [5.41, 5.74) is 4.19. The van der Waals surface area contributed by atoms with Crippen molar-refractivity contribution in [2.24, 2.45) is 0 Å². The van der Waals surface area contributed by atoms with Crippen LogP contribution in [0.5, 0.6) is 17.2 Å². The maximum atomic E-state index is 13.4. The van der Waals surface area contributed by atoms with Crippen molar-refractivity contribution in [3.8, 4) is 17.2 Å². The Morgan fingerprint density at radius 3 is 2.47 bits per heavy atom. The zero-order valence-electron chi connectivity index (χ0n) is 25.0. The number of carbonyl (C=O) groups is 2. The number of rotatable bonds is 7. The molecule has 9 nitrogen and oxygen atoms in total. The first-order chi connectivity index (χ1) is 20.8. The molecule has 43 heavy (non-hydrogen) atoms. The number of nitrogens with zero attached hydrogens (tertiary/aromatic N) is 4. The quantitative estimate of drug-likeness (QED) is 0.269. The van der Waals surface area contributed by atoms with Gasteiger partial charge in [0.25, 0.3) is 0 Å². The highest BCUT2D eigenvalue weighted by molar-refractivity contribution is 6.15. The Bertz CT molecular complexity index is 1700. The normalized spacial score (nSPS) is 16.4. The molecule has 3 aromatic carbocycles. The zero-order valence-corrected chi connectivity index (χ0v) is 25.0. The maximum Gasteiger partial charge on any atom is 0.419 e. The minimum atomic E-state index is -0.541. The summed E-state index contributed by atoms with van der Waals surface area (Å²) in [6.07, 6.45) is 1.28. The summed E-state index contributed by atoms with van der Waals surface area (Å²) in [7, 11) is 5.46. The number of amides is 1. The van der Waals surface area contributed by atoms with E-state index in [1.165, 1.54) is 4.90 Å². The lowest BCUT2D eigenvalue weighted by atomic mass is 10.1. The van der Waals surface area contributed by atoms with Crippen LogP contribution in [0.2, 0.25) is 0 Å². The van der Waals surface area contributed by atoms with E-state index in [0.717, 1.165) is 67.2 Å². The van der Waals surface area contributed by atoms with Gasteiger partial charge in [-0.05, 0) is 62.5 Å². The fourth-order valence-corrected chi connectivity index (χ4v) is 5.69. The monoisotopic (exact) mass is 580 g/mol. The number of aromatic nitrogens is 1. The van der Waals surface area contributed by atoms with E-state index in [9.17, 15) is 9.59 Å². The predicted octanol–water partition coefficient (Wildman–Crippen LogP) is 5.46. The van der Waals surface area contributed by atoms with Crippen molar-refractivity contribution in [3.05, 3.63) is 89.3 Å². The largest absolute Gasteiger partial charge is 0.497 e. The van der Waals surface area contributed by atoms with Crippen LogP contribution in [0.3, 0.4) is 0 Å².